The van der Waals surface area contributed by atoms with Crippen molar-refractivity contribution in [1.29, 1.82) is 0 Å². The van der Waals surface area contributed by atoms with Gasteiger partial charge in [-0.15, -0.1) is 5.10 Å². The summed E-state index contributed by atoms with van der Waals surface area (Å²) in [5.41, 5.74) is 1.92. The molecule has 0 amide bonds. The Kier molecular flexibility index (Phi) is 5.47. The molecule has 1 N–H and O–H groups in total. The van der Waals surface area contributed by atoms with Gasteiger partial charge in [-0.05, 0) is 48.0 Å². The fourth-order valence-corrected chi connectivity index (χ4v) is 2.85. The number of nitrogens with zero attached hydrogens (tertiary/aromatic N) is 4. The van der Waals surface area contributed by atoms with Crippen LogP contribution in [0.3, 0.4) is 0 Å². The van der Waals surface area contributed by atoms with Gasteiger partial charge in [0, 0.05) is 30.1 Å². The van der Waals surface area contributed by atoms with E-state index in [9.17, 15) is 9.18 Å². The zero-order valence-electron chi connectivity index (χ0n) is 16.1. The van der Waals surface area contributed by atoms with Gasteiger partial charge in [-0.1, -0.05) is 18.2 Å². The maximum Gasteiger partial charge on any atom is 0.281 e. The quantitative estimate of drug-likeness (QED) is 0.528. The Morgan fingerprint density at radius 2 is 1.97 bits per heavy atom. The van der Waals surface area contributed by atoms with Crippen LogP contribution in [0.15, 0.2) is 73.1 Å². The molecule has 2 aromatic heterocycles. The van der Waals surface area contributed by atoms with E-state index in [0.29, 0.717) is 29.2 Å². The fourth-order valence-electron chi connectivity index (χ4n) is 2.85. The normalized spacial score (nSPS) is 10.6. The third kappa shape index (κ3) is 4.17. The highest BCUT2D eigenvalue weighted by Crippen LogP contribution is 2.20. The molecule has 4 aromatic rings. The van der Waals surface area contributed by atoms with E-state index in [4.69, 9.17) is 4.74 Å². The summed E-state index contributed by atoms with van der Waals surface area (Å²) in [6, 6.07) is 16.5. The summed E-state index contributed by atoms with van der Waals surface area (Å²) >= 11 is 0. The van der Waals surface area contributed by atoms with Crippen LogP contribution >= 0.6 is 0 Å². The molecule has 0 aliphatic carbocycles. The second kappa shape index (κ2) is 8.52. The molecule has 8 heteroatoms. The summed E-state index contributed by atoms with van der Waals surface area (Å²) < 4.78 is 19.6. The van der Waals surface area contributed by atoms with E-state index in [1.54, 1.807) is 54.9 Å². The summed E-state index contributed by atoms with van der Waals surface area (Å²) in [4.78, 5) is 21.7. The lowest BCUT2D eigenvalue weighted by molar-refractivity contribution is 0.0947. The van der Waals surface area contributed by atoms with Gasteiger partial charge in [0.2, 0.25) is 5.95 Å². The van der Waals surface area contributed by atoms with Crippen LogP contribution in [0.4, 0.5) is 10.3 Å². The number of pyridine rings is 1. The van der Waals surface area contributed by atoms with Crippen molar-refractivity contribution in [1.82, 2.24) is 19.7 Å². The number of methoxy groups -OCH3 is 1. The highest BCUT2D eigenvalue weighted by Gasteiger charge is 2.19. The molecule has 0 spiro atoms. The average molecular weight is 403 g/mol. The van der Waals surface area contributed by atoms with Crippen molar-refractivity contribution in [3.63, 3.8) is 0 Å². The highest BCUT2D eigenvalue weighted by molar-refractivity contribution is 5.97. The van der Waals surface area contributed by atoms with Gasteiger partial charge in [0.05, 0.1) is 7.11 Å². The first kappa shape index (κ1) is 19.3. The predicted molar refractivity (Wildman–Crippen MR) is 110 cm³/mol. The Labute approximate surface area is 172 Å². The third-order valence-electron chi connectivity index (χ3n) is 4.40. The molecule has 0 saturated heterocycles. The van der Waals surface area contributed by atoms with Gasteiger partial charge in [0.1, 0.15) is 11.6 Å². The molecule has 30 heavy (non-hydrogen) atoms. The molecule has 0 bridgehead atoms. The highest BCUT2D eigenvalue weighted by atomic mass is 19.1. The summed E-state index contributed by atoms with van der Waals surface area (Å²) in [6.45, 7) is 0.344. The van der Waals surface area contributed by atoms with Crippen LogP contribution in [0.5, 0.6) is 5.75 Å². The van der Waals surface area contributed by atoms with Crippen molar-refractivity contribution in [2.75, 3.05) is 12.4 Å². The number of carbonyl (C=O) groups is 1. The minimum absolute atomic E-state index is 0.269. The van der Waals surface area contributed by atoms with Crippen LogP contribution < -0.4 is 10.1 Å². The number of nitrogens with one attached hydrogen (secondary N) is 1. The van der Waals surface area contributed by atoms with Crippen LogP contribution in [-0.4, -0.2) is 32.8 Å². The summed E-state index contributed by atoms with van der Waals surface area (Å²) in [7, 11) is 1.54. The van der Waals surface area contributed by atoms with E-state index in [-0.39, 0.29) is 17.7 Å². The van der Waals surface area contributed by atoms with E-state index >= 15 is 0 Å². The largest absolute Gasteiger partial charge is 0.497 e. The Bertz CT molecular complexity index is 1160. The van der Waals surface area contributed by atoms with E-state index in [0.717, 1.165) is 5.56 Å². The SMILES string of the molecule is COc1cccc(C(=O)n2nc(-c3cccnc3)nc2NCc2ccc(F)cc2)c1. The van der Waals surface area contributed by atoms with Gasteiger partial charge < -0.3 is 10.1 Å². The monoisotopic (exact) mass is 403 g/mol. The van der Waals surface area contributed by atoms with Crippen LogP contribution in [-0.2, 0) is 6.54 Å². The number of aromatic nitrogens is 4. The zero-order valence-corrected chi connectivity index (χ0v) is 16.1. The minimum atomic E-state index is -0.363. The number of rotatable bonds is 6. The first-order valence-electron chi connectivity index (χ1n) is 9.18. The van der Waals surface area contributed by atoms with E-state index < -0.39 is 0 Å². The molecule has 7 nitrogen and oxygen atoms in total. The van der Waals surface area contributed by atoms with Gasteiger partial charge in [-0.25, -0.2) is 4.39 Å². The molecular formula is C22H18FN5O2. The topological polar surface area (TPSA) is 81.9 Å². The Hall–Kier alpha value is -4.07. The molecule has 150 valence electrons. The molecule has 2 heterocycles. The van der Waals surface area contributed by atoms with Gasteiger partial charge in [-0.3, -0.25) is 9.78 Å². The Balaban J connectivity index is 1.68. The second-order valence-corrected chi connectivity index (χ2v) is 6.43. The lowest BCUT2D eigenvalue weighted by atomic mass is 10.2. The van der Waals surface area contributed by atoms with E-state index in [1.807, 2.05) is 6.07 Å². The molecule has 0 radical (unpaired) electrons. The smallest absolute Gasteiger partial charge is 0.281 e. The second-order valence-electron chi connectivity index (χ2n) is 6.43. The molecular weight excluding hydrogens is 385 g/mol. The lowest BCUT2D eigenvalue weighted by Gasteiger charge is -2.08. The molecule has 0 atom stereocenters. The minimum Gasteiger partial charge on any atom is -0.497 e. The van der Waals surface area contributed by atoms with Crippen molar-refractivity contribution in [2.24, 2.45) is 0 Å². The standard InChI is InChI=1S/C22H18FN5O2/c1-30-19-6-2-4-16(12-19)21(29)28-22(25-13-15-7-9-18(23)10-8-15)26-20(27-28)17-5-3-11-24-14-17/h2-12,14H,13H2,1H3,(H,25,26,27). The Morgan fingerprint density at radius 1 is 1.13 bits per heavy atom. The van der Waals surface area contributed by atoms with E-state index in [2.05, 4.69) is 20.4 Å². The van der Waals surface area contributed by atoms with Crippen molar-refractivity contribution in [2.45, 2.75) is 6.54 Å². The average Bonchev–Trinajstić information content (AvgIpc) is 3.23. The van der Waals surface area contributed by atoms with Crippen molar-refractivity contribution >= 4 is 11.9 Å². The number of ether oxygens (including phenoxy) is 1. The first-order valence-corrected chi connectivity index (χ1v) is 9.18. The molecule has 4 rings (SSSR count). The number of carbonyl (C=O) groups excluding carboxylic acids is 1. The molecule has 0 saturated carbocycles. The lowest BCUT2D eigenvalue weighted by Crippen LogP contribution is -2.17. The van der Waals surface area contributed by atoms with Crippen LogP contribution in [0, 0.1) is 5.82 Å². The number of benzene rings is 2. The maximum absolute atomic E-state index is 13.2. The summed E-state index contributed by atoms with van der Waals surface area (Å²) in [5.74, 6) is 0.522. The number of hydrogen-bond donors (Lipinski definition) is 1. The fraction of sp³-hybridized carbons (Fsp3) is 0.0909. The molecule has 0 aliphatic heterocycles. The third-order valence-corrected chi connectivity index (χ3v) is 4.40. The van der Waals surface area contributed by atoms with Gasteiger partial charge in [0.15, 0.2) is 5.82 Å². The summed E-state index contributed by atoms with van der Waals surface area (Å²) in [6.07, 6.45) is 3.27. The van der Waals surface area contributed by atoms with Crippen molar-refractivity contribution in [3.8, 4) is 17.1 Å². The predicted octanol–water partition coefficient (Wildman–Crippen LogP) is 3.79. The van der Waals surface area contributed by atoms with Crippen molar-refractivity contribution in [3.05, 3.63) is 90.0 Å². The van der Waals surface area contributed by atoms with Crippen molar-refractivity contribution < 1.29 is 13.9 Å². The number of hydrogen-bond acceptors (Lipinski definition) is 6. The van der Waals surface area contributed by atoms with E-state index in [1.165, 1.54) is 23.9 Å². The molecule has 0 fully saturated rings. The van der Waals surface area contributed by atoms with Crippen LogP contribution in [0.1, 0.15) is 15.9 Å². The number of anilines is 1. The molecule has 0 aliphatic rings. The number of halogens is 1. The van der Waals surface area contributed by atoms with Gasteiger partial charge >= 0.3 is 0 Å². The summed E-state index contributed by atoms with van der Waals surface area (Å²) in [5, 5.41) is 7.50. The van der Waals surface area contributed by atoms with Crippen LogP contribution in [0.2, 0.25) is 0 Å². The van der Waals surface area contributed by atoms with Crippen LogP contribution in [0.25, 0.3) is 11.4 Å². The van der Waals surface area contributed by atoms with Gasteiger partial charge in [0.25, 0.3) is 5.91 Å². The van der Waals surface area contributed by atoms with Gasteiger partial charge in [-0.2, -0.15) is 9.67 Å². The maximum atomic E-state index is 13.2. The molecule has 2 aromatic carbocycles. The first-order chi connectivity index (χ1) is 14.6. The molecule has 0 unspecified atom stereocenters. The Morgan fingerprint density at radius 3 is 2.70 bits per heavy atom. The zero-order chi connectivity index (χ0) is 20.9.